The summed E-state index contributed by atoms with van der Waals surface area (Å²) in [6.07, 6.45) is 2.35. The molecule has 0 saturated heterocycles. The molecule has 0 spiro atoms. The second-order valence-corrected chi connectivity index (χ2v) is 7.33. The van der Waals surface area contributed by atoms with Crippen LogP contribution in [0.3, 0.4) is 0 Å². The number of aliphatic hydroxyl groups is 1. The van der Waals surface area contributed by atoms with E-state index in [1.54, 1.807) is 12.1 Å². The Morgan fingerprint density at radius 1 is 1.08 bits per heavy atom. The fraction of sp³-hybridized carbons (Fsp3) is 0.190. The van der Waals surface area contributed by atoms with Crippen molar-refractivity contribution in [2.24, 2.45) is 0 Å². The summed E-state index contributed by atoms with van der Waals surface area (Å²) in [5.74, 6) is -0.996. The van der Waals surface area contributed by atoms with Crippen LogP contribution in [0.5, 0.6) is 0 Å². The summed E-state index contributed by atoms with van der Waals surface area (Å²) in [6.45, 7) is 0. The Morgan fingerprint density at radius 2 is 1.85 bits per heavy atom. The second-order valence-electron chi connectivity index (χ2n) is 6.45. The van der Waals surface area contributed by atoms with E-state index in [1.165, 1.54) is 22.5 Å². The van der Waals surface area contributed by atoms with Gasteiger partial charge in [0, 0.05) is 16.5 Å². The monoisotopic (exact) mass is 365 g/mol. The Balaban J connectivity index is 1.68. The second kappa shape index (κ2) is 6.94. The zero-order valence-corrected chi connectivity index (χ0v) is 14.9. The molecular weight excluding hydrogens is 346 g/mol. The fourth-order valence-corrected chi connectivity index (χ4v) is 4.46. The molecule has 1 heterocycles. The first-order valence-electron chi connectivity index (χ1n) is 8.60. The van der Waals surface area contributed by atoms with Crippen LogP contribution < -0.4 is 5.32 Å². The average molecular weight is 365 g/mol. The zero-order valence-electron chi connectivity index (χ0n) is 14.1. The van der Waals surface area contributed by atoms with Crippen LogP contribution in [0, 0.1) is 0 Å². The lowest BCUT2D eigenvalue weighted by molar-refractivity contribution is 0.0699. The average Bonchev–Trinajstić information content (AvgIpc) is 3.28. The van der Waals surface area contributed by atoms with Crippen LogP contribution in [0.15, 0.2) is 53.9 Å². The number of anilines is 1. The minimum atomic E-state index is -0.996. The number of hydrogen-bond donors (Lipinski definition) is 3. The molecule has 132 valence electrons. The first-order valence-corrected chi connectivity index (χ1v) is 9.48. The Labute approximate surface area is 155 Å². The highest BCUT2D eigenvalue weighted by Crippen LogP contribution is 2.38. The highest BCUT2D eigenvalue weighted by molar-refractivity contribution is 7.15. The van der Waals surface area contributed by atoms with Gasteiger partial charge in [0.1, 0.15) is 10.6 Å². The number of carboxylic acids is 1. The van der Waals surface area contributed by atoms with Gasteiger partial charge in [-0.25, -0.2) is 4.79 Å². The molecule has 3 aromatic rings. The largest absolute Gasteiger partial charge is 0.478 e. The molecule has 1 aliphatic rings. The lowest BCUT2D eigenvalue weighted by atomic mass is 9.99. The van der Waals surface area contributed by atoms with E-state index >= 15 is 0 Å². The molecule has 4 rings (SSSR count). The summed E-state index contributed by atoms with van der Waals surface area (Å²) in [5.41, 5.74) is 5.18. The number of carbonyl (C=O) groups is 1. The van der Waals surface area contributed by atoms with Gasteiger partial charge >= 0.3 is 5.97 Å². The predicted octanol–water partition coefficient (Wildman–Crippen LogP) is 4.71. The van der Waals surface area contributed by atoms with Crippen molar-refractivity contribution in [1.82, 2.24) is 0 Å². The molecule has 0 saturated carbocycles. The molecule has 0 amide bonds. The van der Waals surface area contributed by atoms with Crippen LogP contribution in [0.4, 0.5) is 5.00 Å². The van der Waals surface area contributed by atoms with Crippen LogP contribution in [-0.2, 0) is 12.8 Å². The van der Waals surface area contributed by atoms with Crippen molar-refractivity contribution in [1.29, 1.82) is 0 Å². The van der Waals surface area contributed by atoms with E-state index in [-0.39, 0.29) is 5.56 Å². The van der Waals surface area contributed by atoms with E-state index < -0.39 is 12.2 Å². The van der Waals surface area contributed by atoms with Crippen molar-refractivity contribution >= 4 is 22.3 Å². The normalized spacial score (nSPS) is 14.0. The summed E-state index contributed by atoms with van der Waals surface area (Å²) in [4.78, 5) is 11.9. The summed E-state index contributed by atoms with van der Waals surface area (Å²) in [7, 11) is 0. The smallest absolute Gasteiger partial charge is 0.339 e. The third-order valence-electron chi connectivity index (χ3n) is 4.80. The minimum absolute atomic E-state index is 0.211. The van der Waals surface area contributed by atoms with Gasteiger partial charge in [-0.05, 0) is 36.0 Å². The number of thiophene rings is 1. The fourth-order valence-electron chi connectivity index (χ4n) is 3.47. The molecular formula is C21H19NO3S. The molecule has 0 aliphatic heterocycles. The number of benzene rings is 2. The number of rotatable bonds is 5. The highest BCUT2D eigenvalue weighted by atomic mass is 32.1. The Kier molecular flexibility index (Phi) is 4.49. The Bertz CT molecular complexity index is 949. The van der Waals surface area contributed by atoms with Gasteiger partial charge < -0.3 is 15.5 Å². The van der Waals surface area contributed by atoms with E-state index in [2.05, 4.69) is 17.4 Å². The molecule has 4 nitrogen and oxygen atoms in total. The summed E-state index contributed by atoms with van der Waals surface area (Å²) in [5, 5.41) is 25.4. The van der Waals surface area contributed by atoms with Gasteiger partial charge in [0.05, 0.1) is 0 Å². The number of hydrogen-bond acceptors (Lipinski definition) is 4. The quantitative estimate of drug-likeness (QED) is 0.573. The molecule has 1 unspecified atom stereocenters. The Hall–Kier alpha value is -2.63. The van der Waals surface area contributed by atoms with E-state index in [1.807, 2.05) is 29.6 Å². The summed E-state index contributed by atoms with van der Waals surface area (Å²) in [6, 6.07) is 15.3. The van der Waals surface area contributed by atoms with Crippen molar-refractivity contribution < 1.29 is 15.0 Å². The lowest BCUT2D eigenvalue weighted by Gasteiger charge is -2.14. The Morgan fingerprint density at radius 3 is 2.62 bits per heavy atom. The van der Waals surface area contributed by atoms with Crippen LogP contribution >= 0.6 is 11.3 Å². The number of aryl methyl sites for hydroxylation is 2. The third-order valence-corrected chi connectivity index (χ3v) is 5.71. The molecule has 0 radical (unpaired) electrons. The molecule has 2 aromatic carbocycles. The molecule has 0 fully saturated rings. The van der Waals surface area contributed by atoms with Crippen LogP contribution in [0.2, 0.25) is 0 Å². The topological polar surface area (TPSA) is 69.6 Å². The van der Waals surface area contributed by atoms with Crippen molar-refractivity contribution in [3.8, 4) is 11.1 Å². The molecule has 1 aromatic heterocycles. The zero-order chi connectivity index (χ0) is 18.1. The molecule has 26 heavy (non-hydrogen) atoms. The van der Waals surface area contributed by atoms with Gasteiger partial charge in [0.2, 0.25) is 0 Å². The molecule has 1 atom stereocenters. The van der Waals surface area contributed by atoms with Crippen LogP contribution in [-0.4, -0.2) is 16.2 Å². The number of nitrogens with one attached hydrogen (secondary N) is 1. The van der Waals surface area contributed by atoms with E-state index in [0.29, 0.717) is 16.1 Å². The maximum Gasteiger partial charge on any atom is 0.339 e. The number of aromatic carboxylic acids is 1. The first-order chi connectivity index (χ1) is 12.6. The van der Waals surface area contributed by atoms with Crippen molar-refractivity contribution in [2.75, 3.05) is 5.32 Å². The molecule has 0 bridgehead atoms. The van der Waals surface area contributed by atoms with Crippen LogP contribution in [0.1, 0.15) is 39.7 Å². The minimum Gasteiger partial charge on any atom is -0.478 e. The van der Waals surface area contributed by atoms with Gasteiger partial charge in [-0.2, -0.15) is 0 Å². The van der Waals surface area contributed by atoms with Crippen molar-refractivity contribution in [3.63, 3.8) is 0 Å². The molecule has 5 heteroatoms. The maximum absolute atomic E-state index is 11.9. The molecule has 1 aliphatic carbocycles. The van der Waals surface area contributed by atoms with Gasteiger partial charge in [-0.3, -0.25) is 0 Å². The van der Waals surface area contributed by atoms with E-state index in [9.17, 15) is 15.0 Å². The third kappa shape index (κ3) is 3.11. The van der Waals surface area contributed by atoms with Crippen molar-refractivity contribution in [2.45, 2.75) is 25.5 Å². The van der Waals surface area contributed by atoms with E-state index in [0.717, 1.165) is 24.8 Å². The van der Waals surface area contributed by atoms with Crippen LogP contribution in [0.25, 0.3) is 11.1 Å². The standard InChI is InChI=1S/C21H19NO3S/c23-19(14-5-2-1-3-6-14)22-20-18(21(24)25)17(12-26-20)16-10-9-13-7-4-8-15(13)11-16/h1-3,5-6,9-12,19,22-23H,4,7-8H2,(H,24,25). The van der Waals surface area contributed by atoms with E-state index in [4.69, 9.17) is 0 Å². The lowest BCUT2D eigenvalue weighted by Crippen LogP contribution is -2.11. The SMILES string of the molecule is O=C(O)c1c(-c2ccc3c(c2)CCC3)csc1NC(O)c1ccccc1. The number of aliphatic hydroxyl groups excluding tert-OH is 1. The van der Waals surface area contributed by atoms with Gasteiger partial charge in [0.15, 0.2) is 6.23 Å². The predicted molar refractivity (Wildman–Crippen MR) is 104 cm³/mol. The number of carboxylic acid groups (broad SMARTS) is 1. The first kappa shape index (κ1) is 16.8. The van der Waals surface area contributed by atoms with Crippen molar-refractivity contribution in [3.05, 3.63) is 76.2 Å². The number of fused-ring (bicyclic) bond motifs is 1. The van der Waals surface area contributed by atoms with Gasteiger partial charge in [-0.1, -0.05) is 48.5 Å². The van der Waals surface area contributed by atoms with Gasteiger partial charge in [-0.15, -0.1) is 11.3 Å². The summed E-state index contributed by atoms with van der Waals surface area (Å²) >= 11 is 1.30. The van der Waals surface area contributed by atoms with Gasteiger partial charge in [0.25, 0.3) is 0 Å². The molecule has 3 N–H and O–H groups in total. The highest BCUT2D eigenvalue weighted by Gasteiger charge is 2.22. The summed E-state index contributed by atoms with van der Waals surface area (Å²) < 4.78 is 0. The maximum atomic E-state index is 11.9.